The lowest BCUT2D eigenvalue weighted by atomic mass is 9.90. The summed E-state index contributed by atoms with van der Waals surface area (Å²) in [4.78, 5) is 14.1. The van der Waals surface area contributed by atoms with Gasteiger partial charge in [0, 0.05) is 16.2 Å². The number of pyridine rings is 1. The Hall–Kier alpha value is -5.73. The van der Waals surface area contributed by atoms with Crippen molar-refractivity contribution in [1.82, 2.24) is 4.57 Å². The molecule has 0 N–H and O–H groups in total. The van der Waals surface area contributed by atoms with E-state index in [2.05, 4.69) is 109 Å². The molecule has 0 bridgehead atoms. The maximum absolute atomic E-state index is 14.1. The van der Waals surface area contributed by atoms with Gasteiger partial charge < -0.3 is 0 Å². The lowest BCUT2D eigenvalue weighted by molar-refractivity contribution is 1.07. The lowest BCUT2D eigenvalue weighted by Gasteiger charge is -2.17. The Morgan fingerprint density at radius 2 is 1.00 bits per heavy atom. The quantitative estimate of drug-likeness (QED) is 0.197. The number of fused-ring (bicyclic) bond motifs is 9. The van der Waals surface area contributed by atoms with Gasteiger partial charge in [-0.25, -0.2) is 0 Å². The first-order chi connectivity index (χ1) is 21.3. The van der Waals surface area contributed by atoms with Crippen molar-refractivity contribution in [2.75, 3.05) is 0 Å². The van der Waals surface area contributed by atoms with Gasteiger partial charge >= 0.3 is 0 Å². The molecule has 1 heterocycles. The Labute approximate surface area is 247 Å². The van der Waals surface area contributed by atoms with Crippen LogP contribution in [-0.4, -0.2) is 4.57 Å². The SMILES string of the molecule is O=c1c2ccccc2c2cc(-c3cc4ccc5ccccc5c4c4ccccc34)ccc2n1-c1cccc2ccccc12. The number of hydrogen-bond donors (Lipinski definition) is 0. The largest absolute Gasteiger partial charge is 0.276 e. The van der Waals surface area contributed by atoms with Crippen molar-refractivity contribution in [3.05, 3.63) is 162 Å². The molecule has 0 saturated carbocycles. The minimum Gasteiger partial charge on any atom is -0.276 e. The van der Waals surface area contributed by atoms with Crippen molar-refractivity contribution < 1.29 is 0 Å². The van der Waals surface area contributed by atoms with Crippen LogP contribution in [0.4, 0.5) is 0 Å². The van der Waals surface area contributed by atoms with Crippen molar-refractivity contribution in [1.29, 1.82) is 0 Å². The Bertz CT molecular complexity index is 2640. The molecule has 0 unspecified atom stereocenters. The van der Waals surface area contributed by atoms with Gasteiger partial charge in [0.1, 0.15) is 0 Å². The summed E-state index contributed by atoms with van der Waals surface area (Å²) in [5.41, 5.74) is 4.11. The normalized spacial score (nSPS) is 11.8. The molecule has 0 aliphatic heterocycles. The molecule has 0 radical (unpaired) electrons. The standard InChI is InChI=1S/C41H25NO/c43-41-35-18-8-6-16-33(35)37-24-28(22-23-39(37)42(41)38-19-9-12-26-10-1-3-13-30(26)38)36-25-29-21-20-27-11-2-4-14-31(27)40(29)34-17-7-5-15-32(34)36/h1-25H. The molecule has 9 rings (SSSR count). The fourth-order valence-electron chi connectivity index (χ4n) is 7.01. The zero-order valence-electron chi connectivity index (χ0n) is 23.3. The van der Waals surface area contributed by atoms with Crippen molar-refractivity contribution in [3.63, 3.8) is 0 Å². The zero-order chi connectivity index (χ0) is 28.5. The average molecular weight is 548 g/mol. The fourth-order valence-corrected chi connectivity index (χ4v) is 7.01. The highest BCUT2D eigenvalue weighted by Gasteiger charge is 2.16. The van der Waals surface area contributed by atoms with Gasteiger partial charge in [-0.15, -0.1) is 0 Å². The molecule has 1 aromatic heterocycles. The molecular formula is C41H25NO. The number of rotatable bonds is 2. The molecule has 43 heavy (non-hydrogen) atoms. The summed E-state index contributed by atoms with van der Waals surface area (Å²) in [5, 5.41) is 12.4. The van der Waals surface area contributed by atoms with E-state index in [0.717, 1.165) is 43.7 Å². The first-order valence-corrected chi connectivity index (χ1v) is 14.7. The van der Waals surface area contributed by atoms with E-state index in [-0.39, 0.29) is 5.56 Å². The first-order valence-electron chi connectivity index (χ1n) is 14.7. The summed E-state index contributed by atoms with van der Waals surface area (Å²) >= 11 is 0. The highest BCUT2D eigenvalue weighted by Crippen LogP contribution is 2.40. The van der Waals surface area contributed by atoms with Crippen LogP contribution in [0.25, 0.3) is 81.6 Å². The van der Waals surface area contributed by atoms with E-state index in [9.17, 15) is 4.79 Å². The van der Waals surface area contributed by atoms with E-state index in [1.54, 1.807) is 0 Å². The van der Waals surface area contributed by atoms with Crippen LogP contribution in [0.1, 0.15) is 0 Å². The molecule has 0 fully saturated rings. The Morgan fingerprint density at radius 1 is 0.395 bits per heavy atom. The number of hydrogen-bond acceptors (Lipinski definition) is 1. The molecule has 0 spiro atoms. The Kier molecular flexibility index (Phi) is 5.08. The maximum Gasteiger partial charge on any atom is 0.263 e. The molecule has 0 amide bonds. The topological polar surface area (TPSA) is 22.0 Å². The summed E-state index contributed by atoms with van der Waals surface area (Å²) in [5.74, 6) is 0. The van der Waals surface area contributed by atoms with Crippen LogP contribution in [0.5, 0.6) is 0 Å². The smallest absolute Gasteiger partial charge is 0.263 e. The zero-order valence-corrected chi connectivity index (χ0v) is 23.3. The summed E-state index contributed by atoms with van der Waals surface area (Å²) in [6.45, 7) is 0. The minimum atomic E-state index is -0.00441. The fraction of sp³-hybridized carbons (Fsp3) is 0. The van der Waals surface area contributed by atoms with Crippen LogP contribution in [0.15, 0.2) is 156 Å². The second kappa shape index (κ2) is 9.14. The van der Waals surface area contributed by atoms with Gasteiger partial charge in [-0.1, -0.05) is 121 Å². The predicted molar refractivity (Wildman–Crippen MR) is 183 cm³/mol. The van der Waals surface area contributed by atoms with Crippen molar-refractivity contribution in [3.8, 4) is 16.8 Å². The Morgan fingerprint density at radius 3 is 1.81 bits per heavy atom. The van der Waals surface area contributed by atoms with E-state index in [1.165, 1.54) is 37.9 Å². The predicted octanol–water partition coefficient (Wildman–Crippen LogP) is 10.4. The highest BCUT2D eigenvalue weighted by atomic mass is 16.1. The van der Waals surface area contributed by atoms with Crippen LogP contribution >= 0.6 is 0 Å². The van der Waals surface area contributed by atoms with Crippen LogP contribution < -0.4 is 5.56 Å². The summed E-state index contributed by atoms with van der Waals surface area (Å²) in [6.07, 6.45) is 0. The van der Waals surface area contributed by atoms with Gasteiger partial charge in [0.2, 0.25) is 0 Å². The summed E-state index contributed by atoms with van der Waals surface area (Å²) < 4.78 is 1.90. The minimum absolute atomic E-state index is 0.00441. The Balaban J connectivity index is 1.39. The number of nitrogens with zero attached hydrogens (tertiary/aromatic N) is 1. The van der Waals surface area contributed by atoms with E-state index in [1.807, 2.05) is 47.0 Å². The first kappa shape index (κ1) is 23.9. The molecule has 2 nitrogen and oxygen atoms in total. The second-order valence-electron chi connectivity index (χ2n) is 11.3. The molecule has 9 aromatic rings. The van der Waals surface area contributed by atoms with Gasteiger partial charge in [0.15, 0.2) is 0 Å². The van der Waals surface area contributed by atoms with E-state index in [4.69, 9.17) is 0 Å². The van der Waals surface area contributed by atoms with Crippen molar-refractivity contribution in [2.24, 2.45) is 0 Å². The number of benzene rings is 8. The monoisotopic (exact) mass is 547 g/mol. The molecule has 2 heteroatoms. The third-order valence-electron chi connectivity index (χ3n) is 8.95. The van der Waals surface area contributed by atoms with Crippen LogP contribution in [0, 0.1) is 0 Å². The third-order valence-corrected chi connectivity index (χ3v) is 8.95. The van der Waals surface area contributed by atoms with Crippen LogP contribution in [0.2, 0.25) is 0 Å². The van der Waals surface area contributed by atoms with Gasteiger partial charge in [0.25, 0.3) is 5.56 Å². The van der Waals surface area contributed by atoms with Gasteiger partial charge in [-0.3, -0.25) is 9.36 Å². The molecule has 200 valence electrons. The van der Waals surface area contributed by atoms with E-state index in [0.29, 0.717) is 0 Å². The van der Waals surface area contributed by atoms with Gasteiger partial charge in [0.05, 0.1) is 11.2 Å². The van der Waals surface area contributed by atoms with Gasteiger partial charge in [-0.05, 0) is 84.5 Å². The lowest BCUT2D eigenvalue weighted by Crippen LogP contribution is -2.19. The van der Waals surface area contributed by atoms with Crippen molar-refractivity contribution in [2.45, 2.75) is 0 Å². The maximum atomic E-state index is 14.1. The molecule has 8 aromatic carbocycles. The molecule has 0 atom stereocenters. The second-order valence-corrected chi connectivity index (χ2v) is 11.3. The molecule has 0 aliphatic rings. The van der Waals surface area contributed by atoms with E-state index < -0.39 is 0 Å². The highest BCUT2D eigenvalue weighted by molar-refractivity contribution is 6.23. The molecular weight excluding hydrogens is 522 g/mol. The third kappa shape index (κ3) is 3.50. The van der Waals surface area contributed by atoms with Gasteiger partial charge in [-0.2, -0.15) is 0 Å². The van der Waals surface area contributed by atoms with Crippen molar-refractivity contribution >= 4 is 64.8 Å². The van der Waals surface area contributed by atoms with Crippen LogP contribution in [-0.2, 0) is 0 Å². The van der Waals surface area contributed by atoms with Crippen LogP contribution in [0.3, 0.4) is 0 Å². The molecule has 0 saturated heterocycles. The summed E-state index contributed by atoms with van der Waals surface area (Å²) in [7, 11) is 0. The number of aromatic nitrogens is 1. The average Bonchev–Trinajstić information content (AvgIpc) is 3.08. The molecule has 0 aliphatic carbocycles. The van der Waals surface area contributed by atoms with E-state index >= 15 is 0 Å². The summed E-state index contributed by atoms with van der Waals surface area (Å²) in [6, 6.07) is 53.1.